The highest BCUT2D eigenvalue weighted by molar-refractivity contribution is 9.10. The van der Waals surface area contributed by atoms with Gasteiger partial charge in [-0.15, -0.1) is 0 Å². The maximum Gasteiger partial charge on any atom is 0.266 e. The molecule has 0 spiro atoms. The van der Waals surface area contributed by atoms with E-state index in [2.05, 4.69) is 26.1 Å². The molecule has 0 bridgehead atoms. The number of rotatable bonds is 3. The quantitative estimate of drug-likeness (QED) is 0.882. The second-order valence-electron chi connectivity index (χ2n) is 3.65. The first-order chi connectivity index (χ1) is 8.11. The molecule has 0 radical (unpaired) electrons. The maximum atomic E-state index is 5.72. The number of benzene rings is 1. The summed E-state index contributed by atoms with van der Waals surface area (Å²) in [6, 6.07) is 5.51. The molecule has 2 rings (SSSR count). The number of hydrogen-bond acceptors (Lipinski definition) is 5. The number of nitrogens with two attached hydrogens (primary N) is 1. The molecule has 1 aromatic carbocycles. The van der Waals surface area contributed by atoms with Crippen molar-refractivity contribution in [2.24, 2.45) is 0 Å². The van der Waals surface area contributed by atoms with Crippen LogP contribution in [-0.4, -0.2) is 23.7 Å². The molecule has 0 saturated heterocycles. The van der Waals surface area contributed by atoms with E-state index in [9.17, 15) is 0 Å². The fourth-order valence-electron chi connectivity index (χ4n) is 1.29. The molecule has 0 unspecified atom stereocenters. The Morgan fingerprint density at radius 2 is 2.24 bits per heavy atom. The van der Waals surface area contributed by atoms with E-state index in [0.717, 1.165) is 16.6 Å². The Kier molecular flexibility index (Phi) is 3.33. The molecule has 0 atom stereocenters. The van der Waals surface area contributed by atoms with Crippen molar-refractivity contribution in [3.05, 3.63) is 22.7 Å². The van der Waals surface area contributed by atoms with Crippen LogP contribution in [0.2, 0.25) is 0 Å². The van der Waals surface area contributed by atoms with Gasteiger partial charge in [0.25, 0.3) is 11.8 Å². The molecule has 17 heavy (non-hydrogen) atoms. The van der Waals surface area contributed by atoms with Crippen LogP contribution in [0.5, 0.6) is 0 Å². The van der Waals surface area contributed by atoms with E-state index in [4.69, 9.17) is 10.3 Å². The molecule has 1 heterocycles. The summed E-state index contributed by atoms with van der Waals surface area (Å²) >= 11 is 3.37. The predicted octanol–water partition coefficient (Wildman–Crippen LogP) is 2.54. The van der Waals surface area contributed by atoms with Crippen LogP contribution in [-0.2, 0) is 0 Å². The van der Waals surface area contributed by atoms with E-state index in [0.29, 0.717) is 17.5 Å². The molecule has 0 fully saturated rings. The molecular weight excluding hydrogens is 284 g/mol. The highest BCUT2D eigenvalue weighted by atomic mass is 79.9. The smallest absolute Gasteiger partial charge is 0.266 e. The Labute approximate surface area is 108 Å². The standard InChI is InChI=1S/C11H13BrN4O/c1-3-16(2)11-14-10(17-15-11)7-4-5-9(13)8(12)6-7/h4-6H,3,13H2,1-2H3. The first-order valence-electron chi connectivity index (χ1n) is 5.22. The predicted molar refractivity (Wildman–Crippen MR) is 70.8 cm³/mol. The van der Waals surface area contributed by atoms with Gasteiger partial charge in [0.1, 0.15) is 0 Å². The van der Waals surface area contributed by atoms with Gasteiger partial charge in [-0.25, -0.2) is 0 Å². The monoisotopic (exact) mass is 296 g/mol. The van der Waals surface area contributed by atoms with Crippen LogP contribution in [0.3, 0.4) is 0 Å². The summed E-state index contributed by atoms with van der Waals surface area (Å²) in [6.07, 6.45) is 0. The van der Waals surface area contributed by atoms with Crippen molar-refractivity contribution in [1.82, 2.24) is 10.1 Å². The lowest BCUT2D eigenvalue weighted by atomic mass is 10.2. The summed E-state index contributed by atoms with van der Waals surface area (Å²) in [7, 11) is 1.91. The molecule has 2 aromatic rings. The third kappa shape index (κ3) is 2.41. The van der Waals surface area contributed by atoms with Gasteiger partial charge in [0.2, 0.25) is 0 Å². The SMILES string of the molecule is CCN(C)c1noc(-c2ccc(N)c(Br)c2)n1. The van der Waals surface area contributed by atoms with E-state index in [1.54, 1.807) is 6.07 Å². The molecule has 6 heteroatoms. The number of aromatic nitrogens is 2. The molecule has 0 saturated carbocycles. The van der Waals surface area contributed by atoms with Gasteiger partial charge in [-0.3, -0.25) is 0 Å². The molecule has 0 aliphatic heterocycles. The Morgan fingerprint density at radius 1 is 1.47 bits per heavy atom. The minimum Gasteiger partial charge on any atom is -0.398 e. The van der Waals surface area contributed by atoms with Crippen LogP contribution >= 0.6 is 15.9 Å². The second kappa shape index (κ2) is 4.75. The van der Waals surface area contributed by atoms with Crippen molar-refractivity contribution < 1.29 is 4.52 Å². The lowest BCUT2D eigenvalue weighted by Crippen LogP contribution is -2.16. The van der Waals surface area contributed by atoms with Crippen molar-refractivity contribution in [1.29, 1.82) is 0 Å². The molecule has 0 aliphatic rings. The van der Waals surface area contributed by atoms with Crippen molar-refractivity contribution in [3.63, 3.8) is 0 Å². The molecule has 90 valence electrons. The number of anilines is 2. The second-order valence-corrected chi connectivity index (χ2v) is 4.50. The van der Waals surface area contributed by atoms with Crippen molar-refractivity contribution in [3.8, 4) is 11.5 Å². The number of nitrogens with zero attached hydrogens (tertiary/aromatic N) is 3. The lowest BCUT2D eigenvalue weighted by molar-refractivity contribution is 0.430. The molecule has 2 N–H and O–H groups in total. The van der Waals surface area contributed by atoms with Crippen LogP contribution in [0, 0.1) is 0 Å². The topological polar surface area (TPSA) is 68.2 Å². The van der Waals surface area contributed by atoms with Crippen LogP contribution in [0.1, 0.15) is 6.92 Å². The third-order valence-electron chi connectivity index (χ3n) is 2.48. The first-order valence-corrected chi connectivity index (χ1v) is 6.01. The van der Waals surface area contributed by atoms with Crippen LogP contribution in [0.15, 0.2) is 27.2 Å². The molecule has 0 aliphatic carbocycles. The summed E-state index contributed by atoms with van der Waals surface area (Å²) in [6.45, 7) is 2.85. The summed E-state index contributed by atoms with van der Waals surface area (Å²) in [5, 5.41) is 3.91. The van der Waals surface area contributed by atoms with E-state index >= 15 is 0 Å². The molecule has 5 nitrogen and oxygen atoms in total. The zero-order valence-electron chi connectivity index (χ0n) is 9.64. The van der Waals surface area contributed by atoms with Gasteiger partial charge in [-0.2, -0.15) is 4.98 Å². The van der Waals surface area contributed by atoms with Crippen LogP contribution < -0.4 is 10.6 Å². The van der Waals surface area contributed by atoms with E-state index < -0.39 is 0 Å². The van der Waals surface area contributed by atoms with E-state index in [1.165, 1.54) is 0 Å². The fraction of sp³-hybridized carbons (Fsp3) is 0.273. The number of nitrogen functional groups attached to an aromatic ring is 1. The Bertz CT molecular complexity index is 526. The Morgan fingerprint density at radius 3 is 2.88 bits per heavy atom. The van der Waals surface area contributed by atoms with Gasteiger partial charge < -0.3 is 15.2 Å². The Hall–Kier alpha value is -1.56. The lowest BCUT2D eigenvalue weighted by Gasteiger charge is -2.08. The zero-order valence-corrected chi connectivity index (χ0v) is 11.2. The zero-order chi connectivity index (χ0) is 12.4. The minimum atomic E-state index is 0.487. The maximum absolute atomic E-state index is 5.72. The highest BCUT2D eigenvalue weighted by Gasteiger charge is 2.11. The van der Waals surface area contributed by atoms with E-state index in [-0.39, 0.29) is 0 Å². The highest BCUT2D eigenvalue weighted by Crippen LogP contribution is 2.27. The molecule has 0 amide bonds. The largest absolute Gasteiger partial charge is 0.398 e. The van der Waals surface area contributed by atoms with Crippen molar-refractivity contribution >= 4 is 27.6 Å². The number of halogens is 1. The van der Waals surface area contributed by atoms with E-state index in [1.807, 2.05) is 31.0 Å². The molecule has 1 aromatic heterocycles. The van der Waals surface area contributed by atoms with Crippen molar-refractivity contribution in [2.75, 3.05) is 24.2 Å². The summed E-state index contributed by atoms with van der Waals surface area (Å²) in [5.74, 6) is 1.07. The molecular formula is C11H13BrN4O. The van der Waals surface area contributed by atoms with Gasteiger partial charge in [-0.1, -0.05) is 0 Å². The van der Waals surface area contributed by atoms with Crippen molar-refractivity contribution in [2.45, 2.75) is 6.92 Å². The fourth-order valence-corrected chi connectivity index (χ4v) is 1.67. The van der Waals surface area contributed by atoms with Gasteiger partial charge in [0.15, 0.2) is 0 Å². The summed E-state index contributed by atoms with van der Waals surface area (Å²) < 4.78 is 6.02. The van der Waals surface area contributed by atoms with Gasteiger partial charge >= 0.3 is 0 Å². The van der Waals surface area contributed by atoms with Gasteiger partial charge in [0.05, 0.1) is 0 Å². The average molecular weight is 297 g/mol. The summed E-state index contributed by atoms with van der Waals surface area (Å²) in [4.78, 5) is 6.21. The Balaban J connectivity index is 2.33. The first kappa shape index (κ1) is 11.9. The number of hydrogen-bond donors (Lipinski definition) is 1. The van der Waals surface area contributed by atoms with Gasteiger partial charge in [-0.05, 0) is 46.2 Å². The van der Waals surface area contributed by atoms with Gasteiger partial charge in [0, 0.05) is 29.3 Å². The minimum absolute atomic E-state index is 0.487. The third-order valence-corrected chi connectivity index (χ3v) is 3.17. The summed E-state index contributed by atoms with van der Waals surface area (Å²) in [5.41, 5.74) is 7.24. The van der Waals surface area contributed by atoms with Crippen LogP contribution in [0.25, 0.3) is 11.5 Å². The van der Waals surface area contributed by atoms with Crippen LogP contribution in [0.4, 0.5) is 11.6 Å². The average Bonchev–Trinajstić information content (AvgIpc) is 2.81. The normalized spacial score (nSPS) is 10.5.